The Bertz CT molecular complexity index is 520. The van der Waals surface area contributed by atoms with Gasteiger partial charge in [0, 0.05) is 6.54 Å². The maximum absolute atomic E-state index is 12.1. The van der Waals surface area contributed by atoms with Gasteiger partial charge in [-0.25, -0.2) is 0 Å². The van der Waals surface area contributed by atoms with Crippen LogP contribution in [0.2, 0.25) is 0 Å². The maximum atomic E-state index is 12.1. The summed E-state index contributed by atoms with van der Waals surface area (Å²) in [5, 5.41) is 0. The Kier molecular flexibility index (Phi) is 7.92. The van der Waals surface area contributed by atoms with Crippen molar-refractivity contribution in [2.24, 2.45) is 11.8 Å². The minimum atomic E-state index is -0.787. The highest BCUT2D eigenvalue weighted by atomic mass is 16.6. The van der Waals surface area contributed by atoms with E-state index in [0.29, 0.717) is 12.3 Å². The van der Waals surface area contributed by atoms with Crippen molar-refractivity contribution < 1.29 is 19.1 Å². The largest absolute Gasteiger partial charge is 0.465 e. The predicted molar refractivity (Wildman–Crippen MR) is 95.8 cm³/mol. The summed E-state index contributed by atoms with van der Waals surface area (Å²) in [5.74, 6) is -1.34. The molecular weight excluding hydrogens is 318 g/mol. The van der Waals surface area contributed by atoms with Crippen LogP contribution in [-0.4, -0.2) is 43.1 Å². The number of rotatable bonds is 8. The molecule has 25 heavy (non-hydrogen) atoms. The van der Waals surface area contributed by atoms with Crippen LogP contribution in [0.4, 0.5) is 0 Å². The molecule has 1 saturated heterocycles. The monoisotopic (exact) mass is 347 g/mol. The molecule has 0 amide bonds. The first-order chi connectivity index (χ1) is 12.1. The van der Waals surface area contributed by atoms with Crippen LogP contribution in [0.5, 0.6) is 0 Å². The van der Waals surface area contributed by atoms with Gasteiger partial charge in [0.05, 0.1) is 13.2 Å². The second kappa shape index (κ2) is 10.2. The van der Waals surface area contributed by atoms with Crippen LogP contribution in [0.1, 0.15) is 38.7 Å². The molecule has 0 aliphatic carbocycles. The molecule has 1 aliphatic heterocycles. The van der Waals surface area contributed by atoms with Gasteiger partial charge < -0.3 is 9.47 Å². The predicted octanol–water partition coefficient (Wildman–Crippen LogP) is 3.03. The fraction of sp³-hybridized carbons (Fsp3) is 0.600. The average Bonchev–Trinajstić information content (AvgIpc) is 2.62. The zero-order chi connectivity index (χ0) is 18.1. The second-order valence-electron chi connectivity index (χ2n) is 6.50. The van der Waals surface area contributed by atoms with Gasteiger partial charge in [0.1, 0.15) is 0 Å². The number of esters is 2. The fourth-order valence-electron chi connectivity index (χ4n) is 3.33. The highest BCUT2D eigenvalue weighted by molar-refractivity contribution is 5.94. The summed E-state index contributed by atoms with van der Waals surface area (Å²) in [5.41, 5.74) is 1.32. The third-order valence-electron chi connectivity index (χ3n) is 4.67. The molecule has 5 nitrogen and oxygen atoms in total. The van der Waals surface area contributed by atoms with E-state index in [-0.39, 0.29) is 13.2 Å². The van der Waals surface area contributed by atoms with E-state index in [1.54, 1.807) is 13.8 Å². The number of likely N-dealkylation sites (tertiary alicyclic amines) is 1. The summed E-state index contributed by atoms with van der Waals surface area (Å²) in [4.78, 5) is 26.6. The number of hydrogen-bond donors (Lipinski definition) is 0. The van der Waals surface area contributed by atoms with Crippen LogP contribution in [0, 0.1) is 11.8 Å². The molecule has 0 spiro atoms. The third kappa shape index (κ3) is 6.16. The van der Waals surface area contributed by atoms with Crippen molar-refractivity contribution in [3.63, 3.8) is 0 Å². The Morgan fingerprint density at radius 3 is 2.12 bits per heavy atom. The number of nitrogens with zero attached hydrogens (tertiary/aromatic N) is 1. The summed E-state index contributed by atoms with van der Waals surface area (Å²) in [6.45, 7) is 6.99. The lowest BCUT2D eigenvalue weighted by atomic mass is 9.87. The lowest BCUT2D eigenvalue weighted by molar-refractivity contribution is -0.162. The second-order valence-corrected chi connectivity index (χ2v) is 6.50. The number of carbonyl (C=O) groups excluding carboxylic acids is 2. The first-order valence-corrected chi connectivity index (χ1v) is 9.23. The molecule has 1 aliphatic rings. The molecule has 1 aromatic carbocycles. The van der Waals surface area contributed by atoms with E-state index in [2.05, 4.69) is 29.2 Å². The van der Waals surface area contributed by atoms with Gasteiger partial charge in [0.2, 0.25) is 0 Å². The van der Waals surface area contributed by atoms with Gasteiger partial charge >= 0.3 is 11.9 Å². The minimum Gasteiger partial charge on any atom is -0.465 e. The summed E-state index contributed by atoms with van der Waals surface area (Å²) < 4.78 is 10.1. The first-order valence-electron chi connectivity index (χ1n) is 9.23. The highest BCUT2D eigenvalue weighted by Gasteiger charge is 2.33. The number of piperidine rings is 1. The van der Waals surface area contributed by atoms with Crippen molar-refractivity contribution in [1.82, 2.24) is 4.90 Å². The molecule has 0 bridgehead atoms. The topological polar surface area (TPSA) is 55.8 Å². The van der Waals surface area contributed by atoms with Gasteiger partial charge in [-0.15, -0.1) is 0 Å². The van der Waals surface area contributed by atoms with Gasteiger partial charge in [-0.05, 0) is 57.7 Å². The van der Waals surface area contributed by atoms with Crippen LogP contribution in [0.3, 0.4) is 0 Å². The number of hydrogen-bond acceptors (Lipinski definition) is 5. The molecule has 1 aromatic rings. The molecule has 1 heterocycles. The zero-order valence-corrected chi connectivity index (χ0v) is 15.3. The molecule has 138 valence electrons. The van der Waals surface area contributed by atoms with E-state index >= 15 is 0 Å². The highest BCUT2D eigenvalue weighted by Crippen LogP contribution is 2.26. The van der Waals surface area contributed by atoms with Crippen LogP contribution in [0.15, 0.2) is 30.3 Å². The molecule has 0 N–H and O–H groups in total. The van der Waals surface area contributed by atoms with E-state index in [1.807, 2.05) is 6.07 Å². The Labute approximate surface area is 150 Å². The van der Waals surface area contributed by atoms with Crippen molar-refractivity contribution in [2.75, 3.05) is 26.3 Å². The minimum absolute atomic E-state index is 0.282. The molecule has 2 rings (SSSR count). The van der Waals surface area contributed by atoms with E-state index in [4.69, 9.17) is 9.47 Å². The molecule has 0 unspecified atom stereocenters. The van der Waals surface area contributed by atoms with Gasteiger partial charge in [0.15, 0.2) is 5.92 Å². The molecule has 5 heteroatoms. The maximum Gasteiger partial charge on any atom is 0.320 e. The third-order valence-corrected chi connectivity index (χ3v) is 4.67. The van der Waals surface area contributed by atoms with Gasteiger partial charge in [-0.1, -0.05) is 30.3 Å². The van der Waals surface area contributed by atoms with E-state index in [0.717, 1.165) is 32.5 Å². The first kappa shape index (κ1) is 19.4. The van der Waals surface area contributed by atoms with Crippen LogP contribution < -0.4 is 0 Å². The smallest absolute Gasteiger partial charge is 0.320 e. The number of carbonyl (C=O) groups is 2. The lowest BCUT2D eigenvalue weighted by Gasteiger charge is -2.33. The van der Waals surface area contributed by atoms with E-state index < -0.39 is 17.9 Å². The molecular formula is C20H29NO4. The van der Waals surface area contributed by atoms with E-state index in [9.17, 15) is 9.59 Å². The fourth-order valence-corrected chi connectivity index (χ4v) is 3.33. The Balaban J connectivity index is 1.85. The molecule has 0 atom stereocenters. The van der Waals surface area contributed by atoms with Crippen LogP contribution in [-0.2, 0) is 25.6 Å². The van der Waals surface area contributed by atoms with Gasteiger partial charge in [-0.3, -0.25) is 14.5 Å². The summed E-state index contributed by atoms with van der Waals surface area (Å²) in [6.07, 6.45) is 2.50. The number of benzene rings is 1. The van der Waals surface area contributed by atoms with Gasteiger partial charge in [0.25, 0.3) is 0 Å². The Morgan fingerprint density at radius 1 is 1.04 bits per heavy atom. The molecule has 0 radical (unpaired) electrons. The Hall–Kier alpha value is -1.88. The molecule has 0 saturated carbocycles. The van der Waals surface area contributed by atoms with Crippen molar-refractivity contribution in [3.8, 4) is 0 Å². The molecule has 0 aromatic heterocycles. The van der Waals surface area contributed by atoms with Crippen molar-refractivity contribution in [3.05, 3.63) is 35.9 Å². The summed E-state index contributed by atoms with van der Waals surface area (Å²) in [7, 11) is 0. The van der Waals surface area contributed by atoms with Gasteiger partial charge in [-0.2, -0.15) is 0 Å². The lowest BCUT2D eigenvalue weighted by Crippen LogP contribution is -2.36. The Morgan fingerprint density at radius 2 is 1.60 bits per heavy atom. The SMILES string of the molecule is CCOC(=O)C(CC1CCN(Cc2ccccc2)CC1)C(=O)OCC. The summed E-state index contributed by atoms with van der Waals surface area (Å²) >= 11 is 0. The quantitative estimate of drug-likeness (QED) is 0.534. The number of ether oxygens (including phenoxy) is 2. The molecule has 1 fully saturated rings. The van der Waals surface area contributed by atoms with Crippen molar-refractivity contribution >= 4 is 11.9 Å². The van der Waals surface area contributed by atoms with E-state index in [1.165, 1.54) is 5.56 Å². The summed E-state index contributed by atoms with van der Waals surface area (Å²) in [6, 6.07) is 10.4. The standard InChI is InChI=1S/C20H29NO4/c1-3-24-19(22)18(20(23)25-4-2)14-16-10-12-21(13-11-16)15-17-8-6-5-7-9-17/h5-9,16,18H,3-4,10-15H2,1-2H3. The zero-order valence-electron chi connectivity index (χ0n) is 15.3. The van der Waals surface area contributed by atoms with Crippen molar-refractivity contribution in [2.45, 2.75) is 39.7 Å². The average molecular weight is 347 g/mol. The van der Waals surface area contributed by atoms with Crippen LogP contribution in [0.25, 0.3) is 0 Å². The van der Waals surface area contributed by atoms with Crippen molar-refractivity contribution in [1.29, 1.82) is 0 Å². The normalized spacial score (nSPS) is 16.0. The van der Waals surface area contributed by atoms with Crippen LogP contribution >= 0.6 is 0 Å².